The number of allylic oxidation sites excluding steroid dienone is 2. The van der Waals surface area contributed by atoms with Crippen LogP contribution in [0.15, 0.2) is 12.2 Å². The Morgan fingerprint density at radius 2 is 1.41 bits per heavy atom. The molecule has 1 aliphatic heterocycles. The Morgan fingerprint density at radius 3 is 2.05 bits per heavy atom. The molecule has 0 aromatic rings. The van der Waals surface area contributed by atoms with Crippen LogP contribution in [0.25, 0.3) is 0 Å². The molecule has 1 amide bonds. The summed E-state index contributed by atoms with van der Waals surface area (Å²) >= 11 is 0. The van der Waals surface area contributed by atoms with Gasteiger partial charge in [0, 0.05) is 0 Å². The van der Waals surface area contributed by atoms with Gasteiger partial charge in [-0.1, -0.05) is 77.4 Å². The number of aliphatic hydroxyl groups excluding tert-OH is 7. The second-order valence-corrected chi connectivity index (χ2v) is 11.2. The number of unbranched alkanes of at least 4 members (excludes halogenated alkanes) is 9. The van der Waals surface area contributed by atoms with E-state index in [1.165, 1.54) is 19.3 Å². The van der Waals surface area contributed by atoms with Crippen LogP contribution in [-0.2, 0) is 14.3 Å². The van der Waals surface area contributed by atoms with Crippen LogP contribution < -0.4 is 5.32 Å². The molecule has 1 fully saturated rings. The Kier molecular flexibility index (Phi) is 20.7. The number of carbonyl (C=O) groups excluding carboxylic acids is 1. The summed E-state index contributed by atoms with van der Waals surface area (Å²) in [6, 6.07) is -1.16. The maximum atomic E-state index is 12.8. The normalized spacial score (nSPS) is 26.1. The van der Waals surface area contributed by atoms with E-state index in [4.69, 9.17) is 9.47 Å². The number of carbonyl (C=O) groups is 1. The van der Waals surface area contributed by atoms with Gasteiger partial charge in [0.1, 0.15) is 36.6 Å². The fourth-order valence-electron chi connectivity index (χ4n) is 4.78. The van der Waals surface area contributed by atoms with Crippen LogP contribution in [0.4, 0.5) is 0 Å². The maximum Gasteiger partial charge on any atom is 0.249 e. The van der Waals surface area contributed by atoms with Crippen LogP contribution in [0.3, 0.4) is 0 Å². The predicted octanol–water partition coefficient (Wildman–Crippen LogP) is 1.43. The summed E-state index contributed by atoms with van der Waals surface area (Å²) < 4.78 is 10.9. The first-order chi connectivity index (χ1) is 19.7. The fraction of sp³-hybridized carbons (Fsp3) is 0.900. The van der Waals surface area contributed by atoms with Crippen molar-refractivity contribution < 1.29 is 50.0 Å². The van der Waals surface area contributed by atoms with Gasteiger partial charge < -0.3 is 50.5 Å². The molecular formula is C30H57NO10. The topological polar surface area (TPSA) is 189 Å². The molecule has 0 aromatic carbocycles. The van der Waals surface area contributed by atoms with E-state index in [-0.39, 0.29) is 12.8 Å². The van der Waals surface area contributed by atoms with Gasteiger partial charge in [-0.05, 0) is 38.5 Å². The minimum absolute atomic E-state index is 0.244. The summed E-state index contributed by atoms with van der Waals surface area (Å²) in [5.74, 6) is -0.720. The van der Waals surface area contributed by atoms with Crippen molar-refractivity contribution in [2.24, 2.45) is 0 Å². The molecule has 9 atom stereocenters. The van der Waals surface area contributed by atoms with E-state index in [2.05, 4.69) is 24.4 Å². The van der Waals surface area contributed by atoms with E-state index in [0.717, 1.165) is 44.9 Å². The molecule has 0 bridgehead atoms. The SMILES string of the molecule is CCCCC/C=C\CCCCCCC(O)C(=O)NC(COC1OC(CO)C(O)C(O)C1O)C(O)C(O)CCCCC. The molecule has 1 rings (SSSR count). The number of nitrogens with one attached hydrogen (secondary N) is 1. The maximum absolute atomic E-state index is 12.8. The van der Waals surface area contributed by atoms with Gasteiger partial charge in [0.15, 0.2) is 6.29 Å². The lowest BCUT2D eigenvalue weighted by molar-refractivity contribution is -0.303. The van der Waals surface area contributed by atoms with Crippen molar-refractivity contribution in [1.29, 1.82) is 0 Å². The third kappa shape index (κ3) is 14.7. The summed E-state index contributed by atoms with van der Waals surface area (Å²) in [6.45, 7) is 3.13. The molecule has 1 heterocycles. The van der Waals surface area contributed by atoms with Gasteiger partial charge in [0.25, 0.3) is 0 Å². The van der Waals surface area contributed by atoms with Crippen molar-refractivity contribution in [2.75, 3.05) is 13.2 Å². The second-order valence-electron chi connectivity index (χ2n) is 11.2. The quantitative estimate of drug-likeness (QED) is 0.0637. The number of aliphatic hydroxyl groups is 7. The third-order valence-corrected chi connectivity index (χ3v) is 7.57. The highest BCUT2D eigenvalue weighted by Gasteiger charge is 2.44. The Balaban J connectivity index is 2.60. The smallest absolute Gasteiger partial charge is 0.249 e. The zero-order chi connectivity index (χ0) is 30.6. The molecule has 1 saturated heterocycles. The van der Waals surface area contributed by atoms with Gasteiger partial charge in [0.05, 0.1) is 25.4 Å². The average Bonchev–Trinajstić information content (AvgIpc) is 2.97. The fourth-order valence-corrected chi connectivity index (χ4v) is 4.78. The standard InChI is InChI=1S/C30H57NO10/c1-3-5-7-8-9-10-11-12-13-14-16-18-23(34)29(39)31-21(25(35)22(33)17-15-6-4-2)20-40-30-28(38)27(37)26(36)24(19-32)41-30/h9-10,21-28,30,32-38H,3-8,11-20H2,1-2H3,(H,31,39)/b10-9-. The van der Waals surface area contributed by atoms with Crippen LogP contribution >= 0.6 is 0 Å². The zero-order valence-corrected chi connectivity index (χ0v) is 25.0. The van der Waals surface area contributed by atoms with Crippen LogP contribution in [0.5, 0.6) is 0 Å². The highest BCUT2D eigenvalue weighted by Crippen LogP contribution is 2.22. The molecular weight excluding hydrogens is 534 g/mol. The van der Waals surface area contributed by atoms with Crippen LogP contribution in [0.2, 0.25) is 0 Å². The molecule has 0 aromatic heterocycles. The van der Waals surface area contributed by atoms with Crippen molar-refractivity contribution in [3.63, 3.8) is 0 Å². The Labute approximate surface area is 245 Å². The van der Waals surface area contributed by atoms with Crippen LogP contribution in [-0.4, -0.2) is 110 Å². The van der Waals surface area contributed by atoms with Crippen molar-refractivity contribution in [1.82, 2.24) is 5.32 Å². The van der Waals surface area contributed by atoms with E-state index in [1.807, 2.05) is 6.92 Å². The van der Waals surface area contributed by atoms with Crippen LogP contribution in [0.1, 0.15) is 104 Å². The van der Waals surface area contributed by atoms with E-state index >= 15 is 0 Å². The summed E-state index contributed by atoms with van der Waals surface area (Å²) in [5, 5.41) is 73.9. The van der Waals surface area contributed by atoms with E-state index in [0.29, 0.717) is 12.8 Å². The second kappa shape index (κ2) is 22.4. The van der Waals surface area contributed by atoms with E-state index in [9.17, 15) is 40.5 Å². The first-order valence-electron chi connectivity index (χ1n) is 15.6. The minimum atomic E-state index is -1.65. The summed E-state index contributed by atoms with van der Waals surface area (Å²) in [6.07, 6.45) is 5.39. The summed E-state index contributed by atoms with van der Waals surface area (Å²) in [4.78, 5) is 12.8. The zero-order valence-electron chi connectivity index (χ0n) is 25.0. The Morgan fingerprint density at radius 1 is 0.829 bits per heavy atom. The summed E-state index contributed by atoms with van der Waals surface area (Å²) in [7, 11) is 0. The van der Waals surface area contributed by atoms with Gasteiger partial charge in [-0.2, -0.15) is 0 Å². The van der Waals surface area contributed by atoms with Gasteiger partial charge >= 0.3 is 0 Å². The van der Waals surface area contributed by atoms with Crippen molar-refractivity contribution in [2.45, 2.75) is 159 Å². The number of amides is 1. The summed E-state index contributed by atoms with van der Waals surface area (Å²) in [5.41, 5.74) is 0. The number of ether oxygens (including phenoxy) is 2. The average molecular weight is 592 g/mol. The van der Waals surface area contributed by atoms with Crippen molar-refractivity contribution >= 4 is 5.91 Å². The minimum Gasteiger partial charge on any atom is -0.394 e. The molecule has 0 radical (unpaired) electrons. The number of hydrogen-bond acceptors (Lipinski definition) is 10. The van der Waals surface area contributed by atoms with Crippen molar-refractivity contribution in [3.05, 3.63) is 12.2 Å². The Hall–Kier alpha value is -1.15. The molecule has 8 N–H and O–H groups in total. The van der Waals surface area contributed by atoms with E-state index in [1.54, 1.807) is 0 Å². The molecule has 1 aliphatic rings. The van der Waals surface area contributed by atoms with Gasteiger partial charge in [-0.3, -0.25) is 4.79 Å². The van der Waals surface area contributed by atoms with Crippen molar-refractivity contribution in [3.8, 4) is 0 Å². The molecule has 11 nitrogen and oxygen atoms in total. The van der Waals surface area contributed by atoms with Gasteiger partial charge in [-0.25, -0.2) is 0 Å². The number of hydrogen-bond donors (Lipinski definition) is 8. The lowest BCUT2D eigenvalue weighted by atomic mass is 9.98. The number of rotatable bonds is 23. The third-order valence-electron chi connectivity index (χ3n) is 7.57. The first-order valence-corrected chi connectivity index (χ1v) is 15.6. The monoisotopic (exact) mass is 591 g/mol. The first kappa shape index (κ1) is 37.9. The molecule has 0 spiro atoms. The molecule has 41 heavy (non-hydrogen) atoms. The Bertz CT molecular complexity index is 694. The highest BCUT2D eigenvalue weighted by molar-refractivity contribution is 5.80. The lowest BCUT2D eigenvalue weighted by Gasteiger charge is -2.40. The van der Waals surface area contributed by atoms with Gasteiger partial charge in [-0.15, -0.1) is 0 Å². The van der Waals surface area contributed by atoms with E-state index < -0.39 is 74.2 Å². The molecule has 242 valence electrons. The largest absolute Gasteiger partial charge is 0.394 e. The molecule has 0 saturated carbocycles. The molecule has 0 aliphatic carbocycles. The molecule has 9 unspecified atom stereocenters. The highest BCUT2D eigenvalue weighted by atomic mass is 16.7. The van der Waals surface area contributed by atoms with Gasteiger partial charge in [0.2, 0.25) is 5.91 Å². The predicted molar refractivity (Wildman–Crippen MR) is 155 cm³/mol. The lowest BCUT2D eigenvalue weighted by Crippen LogP contribution is -2.60. The van der Waals surface area contributed by atoms with Crippen LogP contribution in [0, 0.1) is 0 Å². The molecule has 11 heteroatoms.